The number of nitrogens with one attached hydrogen (secondary N) is 2. The van der Waals surface area contributed by atoms with Crippen molar-refractivity contribution in [1.82, 2.24) is 30.0 Å². The molecule has 0 radical (unpaired) electrons. The Hall–Kier alpha value is -4.15. The maximum atomic E-state index is 13.1. The Morgan fingerprint density at radius 1 is 1.24 bits per heavy atom. The number of benzene rings is 1. The maximum Gasteiger partial charge on any atom is 0.272 e. The van der Waals surface area contributed by atoms with Crippen LogP contribution in [0.2, 0.25) is 0 Å². The lowest BCUT2D eigenvalue weighted by Gasteiger charge is -2.37. The summed E-state index contributed by atoms with van der Waals surface area (Å²) in [5.74, 6) is 0.841. The number of aromatic amines is 1. The van der Waals surface area contributed by atoms with Crippen LogP contribution in [0.15, 0.2) is 36.8 Å². The number of piperidine rings is 1. The molecule has 11 heteroatoms. The highest BCUT2D eigenvalue weighted by molar-refractivity contribution is 5.93. The van der Waals surface area contributed by atoms with E-state index in [2.05, 4.69) is 30.4 Å². The van der Waals surface area contributed by atoms with Crippen molar-refractivity contribution < 1.29 is 14.7 Å². The van der Waals surface area contributed by atoms with Crippen molar-refractivity contribution in [3.8, 4) is 5.75 Å². The minimum absolute atomic E-state index is 0.106. The van der Waals surface area contributed by atoms with Gasteiger partial charge in [-0.05, 0) is 43.0 Å². The SMILES string of the molecule is CNc1ccc(O)cc1CCN(C=O)C1CCN(c2cc(C(=O)N3CCc4[nH]ncc4C3)ncn2)CC1. The number of carbonyl (C=O) groups is 2. The van der Waals surface area contributed by atoms with Gasteiger partial charge in [0.25, 0.3) is 5.91 Å². The van der Waals surface area contributed by atoms with E-state index in [0.29, 0.717) is 31.7 Å². The van der Waals surface area contributed by atoms with Crippen LogP contribution in [0.5, 0.6) is 5.75 Å². The predicted molar refractivity (Wildman–Crippen MR) is 138 cm³/mol. The van der Waals surface area contributed by atoms with Crippen molar-refractivity contribution in [2.24, 2.45) is 0 Å². The van der Waals surface area contributed by atoms with E-state index < -0.39 is 0 Å². The first-order chi connectivity index (χ1) is 18.1. The van der Waals surface area contributed by atoms with E-state index in [9.17, 15) is 14.7 Å². The van der Waals surface area contributed by atoms with Gasteiger partial charge in [0.1, 0.15) is 23.6 Å². The Morgan fingerprint density at radius 3 is 2.86 bits per heavy atom. The third-order valence-corrected chi connectivity index (χ3v) is 7.35. The third kappa shape index (κ3) is 5.35. The van der Waals surface area contributed by atoms with E-state index in [1.54, 1.807) is 29.3 Å². The Bertz CT molecular complexity index is 1250. The van der Waals surface area contributed by atoms with Crippen molar-refractivity contribution in [2.75, 3.05) is 43.4 Å². The van der Waals surface area contributed by atoms with Crippen LogP contribution in [0.1, 0.15) is 40.2 Å². The fourth-order valence-electron chi connectivity index (χ4n) is 5.22. The smallest absolute Gasteiger partial charge is 0.272 e. The van der Waals surface area contributed by atoms with Gasteiger partial charge in [-0.2, -0.15) is 5.10 Å². The number of nitrogens with zero attached hydrogens (tertiary/aromatic N) is 6. The zero-order chi connectivity index (χ0) is 25.8. The monoisotopic (exact) mass is 504 g/mol. The lowest BCUT2D eigenvalue weighted by molar-refractivity contribution is -0.120. The van der Waals surface area contributed by atoms with Crippen LogP contribution in [-0.2, 0) is 24.2 Å². The molecule has 0 saturated carbocycles. The van der Waals surface area contributed by atoms with Gasteiger partial charge in [-0.15, -0.1) is 0 Å². The Labute approximate surface area is 215 Å². The summed E-state index contributed by atoms with van der Waals surface area (Å²) in [5, 5.41) is 20.0. The molecule has 4 heterocycles. The van der Waals surface area contributed by atoms with Crippen molar-refractivity contribution in [3.05, 3.63) is 59.3 Å². The number of amides is 2. The van der Waals surface area contributed by atoms with Crippen molar-refractivity contribution in [2.45, 2.75) is 38.3 Å². The first-order valence-corrected chi connectivity index (χ1v) is 12.6. The number of phenolic OH excluding ortho intramolecular Hbond substituents is 1. The van der Waals surface area contributed by atoms with Crippen LogP contribution in [0.4, 0.5) is 11.5 Å². The molecular formula is C26H32N8O3. The number of H-pyrrole nitrogens is 1. The summed E-state index contributed by atoms with van der Waals surface area (Å²) >= 11 is 0. The number of fused-ring (bicyclic) bond motifs is 1. The fourth-order valence-corrected chi connectivity index (χ4v) is 5.22. The molecule has 5 rings (SSSR count). The molecule has 0 spiro atoms. The molecule has 2 aliphatic heterocycles. The molecular weight excluding hydrogens is 472 g/mol. The maximum absolute atomic E-state index is 13.1. The second kappa shape index (κ2) is 10.9. The van der Waals surface area contributed by atoms with Gasteiger partial charge in [0, 0.05) is 75.2 Å². The second-order valence-electron chi connectivity index (χ2n) is 9.51. The highest BCUT2D eigenvalue weighted by Crippen LogP contribution is 2.25. The van der Waals surface area contributed by atoms with E-state index in [4.69, 9.17) is 0 Å². The van der Waals surface area contributed by atoms with Gasteiger partial charge in [-0.25, -0.2) is 9.97 Å². The largest absolute Gasteiger partial charge is 0.508 e. The van der Waals surface area contributed by atoms with Crippen LogP contribution < -0.4 is 10.2 Å². The first-order valence-electron chi connectivity index (χ1n) is 12.6. The zero-order valence-electron chi connectivity index (χ0n) is 20.9. The average molecular weight is 505 g/mol. The number of rotatable bonds is 8. The van der Waals surface area contributed by atoms with E-state index in [1.165, 1.54) is 6.33 Å². The van der Waals surface area contributed by atoms with Gasteiger partial charge >= 0.3 is 0 Å². The van der Waals surface area contributed by atoms with Crippen LogP contribution in [0.25, 0.3) is 0 Å². The number of hydrogen-bond donors (Lipinski definition) is 3. The van der Waals surface area contributed by atoms with Gasteiger partial charge in [0.05, 0.1) is 6.20 Å². The standard InChI is InChI=1S/C26H32N8O3/c1-27-22-3-2-21(36)12-18(22)4-8-34(17-35)20-5-9-32(10-6-20)25-13-24(28-16-29-25)26(37)33-11-7-23-19(15-33)14-30-31-23/h2-3,12-14,16-17,20,27,36H,4-11,15H2,1H3,(H,30,31). The number of anilines is 2. The topological polar surface area (TPSA) is 131 Å². The normalized spacial score (nSPS) is 15.8. The Kier molecular flexibility index (Phi) is 7.20. The van der Waals surface area contributed by atoms with Crippen molar-refractivity contribution >= 4 is 23.8 Å². The summed E-state index contributed by atoms with van der Waals surface area (Å²) in [6.07, 6.45) is 7.16. The van der Waals surface area contributed by atoms with Crippen LogP contribution in [-0.4, -0.2) is 86.7 Å². The Balaban J connectivity index is 1.18. The summed E-state index contributed by atoms with van der Waals surface area (Å²) < 4.78 is 0. The lowest BCUT2D eigenvalue weighted by atomic mass is 10.0. The molecule has 2 aromatic heterocycles. The predicted octanol–water partition coefficient (Wildman–Crippen LogP) is 1.82. The second-order valence-corrected chi connectivity index (χ2v) is 9.51. The zero-order valence-corrected chi connectivity index (χ0v) is 20.9. The molecule has 2 aliphatic rings. The van der Waals surface area contributed by atoms with Gasteiger partial charge in [-0.1, -0.05) is 0 Å². The number of aromatic hydroxyl groups is 1. The fraction of sp³-hybridized carbons (Fsp3) is 0.423. The molecule has 0 bridgehead atoms. The lowest BCUT2D eigenvalue weighted by Crippen LogP contribution is -2.45. The molecule has 1 saturated heterocycles. The van der Waals surface area contributed by atoms with E-state index in [1.807, 2.05) is 18.0 Å². The quantitative estimate of drug-likeness (QED) is 0.313. The molecule has 2 amide bonds. The van der Waals surface area contributed by atoms with Crippen LogP contribution >= 0.6 is 0 Å². The number of carbonyl (C=O) groups excluding carboxylic acids is 2. The molecule has 37 heavy (non-hydrogen) atoms. The van der Waals surface area contributed by atoms with E-state index in [0.717, 1.165) is 67.1 Å². The molecule has 3 N–H and O–H groups in total. The highest BCUT2D eigenvalue weighted by atomic mass is 16.3. The average Bonchev–Trinajstić information content (AvgIpc) is 3.42. The summed E-state index contributed by atoms with van der Waals surface area (Å²) in [5.41, 5.74) is 4.44. The summed E-state index contributed by atoms with van der Waals surface area (Å²) in [4.78, 5) is 39.5. The summed E-state index contributed by atoms with van der Waals surface area (Å²) in [6, 6.07) is 7.13. The van der Waals surface area contributed by atoms with Crippen molar-refractivity contribution in [3.63, 3.8) is 0 Å². The minimum Gasteiger partial charge on any atom is -0.508 e. The highest BCUT2D eigenvalue weighted by Gasteiger charge is 2.27. The van der Waals surface area contributed by atoms with Gasteiger partial charge in [0.15, 0.2) is 0 Å². The number of hydrogen-bond acceptors (Lipinski definition) is 8. The molecule has 1 fully saturated rings. The summed E-state index contributed by atoms with van der Waals surface area (Å²) in [6.45, 7) is 3.19. The molecule has 3 aromatic rings. The van der Waals surface area contributed by atoms with Gasteiger partial charge in [0.2, 0.25) is 6.41 Å². The Morgan fingerprint density at radius 2 is 2.08 bits per heavy atom. The third-order valence-electron chi connectivity index (χ3n) is 7.35. The van der Waals surface area contributed by atoms with Crippen LogP contribution in [0, 0.1) is 0 Å². The number of phenols is 1. The molecule has 0 unspecified atom stereocenters. The minimum atomic E-state index is -0.106. The summed E-state index contributed by atoms with van der Waals surface area (Å²) in [7, 11) is 1.84. The first kappa shape index (κ1) is 24.5. The molecule has 1 aromatic carbocycles. The van der Waals surface area contributed by atoms with E-state index in [-0.39, 0.29) is 17.7 Å². The van der Waals surface area contributed by atoms with Gasteiger partial charge in [-0.3, -0.25) is 14.7 Å². The molecule has 0 atom stereocenters. The van der Waals surface area contributed by atoms with E-state index >= 15 is 0 Å². The van der Waals surface area contributed by atoms with Gasteiger partial charge < -0.3 is 25.1 Å². The van der Waals surface area contributed by atoms with Crippen LogP contribution in [0.3, 0.4) is 0 Å². The molecule has 0 aliphatic carbocycles. The molecule has 11 nitrogen and oxygen atoms in total. The van der Waals surface area contributed by atoms with Crippen molar-refractivity contribution in [1.29, 1.82) is 0 Å². The number of aromatic nitrogens is 4. The molecule has 194 valence electrons.